The van der Waals surface area contributed by atoms with Gasteiger partial charge in [-0.05, 0) is 37.5 Å². The standard InChI is InChI=1S/C14H19Cl2N3O2/c1-3-11(19-13(20)8(2)18-14(17)21)6-9-4-5-10(15)7-12(9)16/h4-5,7-8,11H,3,6H2,1-2H3,(H,19,20)(H3,17,18,21). The molecule has 0 heterocycles. The van der Waals surface area contributed by atoms with Crippen LogP contribution in [0.4, 0.5) is 4.79 Å². The number of nitrogens with one attached hydrogen (secondary N) is 2. The quantitative estimate of drug-likeness (QED) is 0.748. The lowest BCUT2D eigenvalue weighted by molar-refractivity contribution is -0.123. The van der Waals surface area contributed by atoms with E-state index in [9.17, 15) is 9.59 Å². The summed E-state index contributed by atoms with van der Waals surface area (Å²) in [6.45, 7) is 3.53. The first-order valence-electron chi connectivity index (χ1n) is 6.63. The summed E-state index contributed by atoms with van der Waals surface area (Å²) in [7, 11) is 0. The maximum absolute atomic E-state index is 11.9. The highest BCUT2D eigenvalue weighted by molar-refractivity contribution is 6.35. The average molecular weight is 332 g/mol. The van der Waals surface area contributed by atoms with Gasteiger partial charge < -0.3 is 16.4 Å². The number of nitrogens with two attached hydrogens (primary N) is 1. The second-order valence-electron chi connectivity index (χ2n) is 4.78. The minimum Gasteiger partial charge on any atom is -0.352 e. The van der Waals surface area contributed by atoms with Gasteiger partial charge in [-0.1, -0.05) is 36.2 Å². The third kappa shape index (κ3) is 5.81. The number of halogens is 2. The third-order valence-electron chi connectivity index (χ3n) is 3.07. The van der Waals surface area contributed by atoms with E-state index < -0.39 is 12.1 Å². The van der Waals surface area contributed by atoms with E-state index in [1.54, 1.807) is 19.1 Å². The van der Waals surface area contributed by atoms with Gasteiger partial charge in [-0.15, -0.1) is 0 Å². The van der Waals surface area contributed by atoms with Gasteiger partial charge in [0.2, 0.25) is 5.91 Å². The summed E-state index contributed by atoms with van der Waals surface area (Å²) in [5.41, 5.74) is 5.90. The van der Waals surface area contributed by atoms with Gasteiger partial charge in [0.25, 0.3) is 0 Å². The summed E-state index contributed by atoms with van der Waals surface area (Å²) in [4.78, 5) is 22.7. The minimum atomic E-state index is -0.730. The van der Waals surface area contributed by atoms with Crippen LogP contribution >= 0.6 is 23.2 Å². The number of hydrogen-bond donors (Lipinski definition) is 3. The van der Waals surface area contributed by atoms with E-state index in [2.05, 4.69) is 10.6 Å². The van der Waals surface area contributed by atoms with Gasteiger partial charge in [-0.2, -0.15) is 0 Å². The first-order valence-corrected chi connectivity index (χ1v) is 7.39. The highest BCUT2D eigenvalue weighted by atomic mass is 35.5. The van der Waals surface area contributed by atoms with Crippen LogP contribution in [-0.4, -0.2) is 24.0 Å². The van der Waals surface area contributed by atoms with E-state index >= 15 is 0 Å². The fraction of sp³-hybridized carbons (Fsp3) is 0.429. The van der Waals surface area contributed by atoms with Gasteiger partial charge in [-0.25, -0.2) is 4.79 Å². The maximum atomic E-state index is 11.9. The van der Waals surface area contributed by atoms with Crippen molar-refractivity contribution in [3.8, 4) is 0 Å². The molecule has 2 atom stereocenters. The highest BCUT2D eigenvalue weighted by Gasteiger charge is 2.18. The normalized spacial score (nSPS) is 13.3. The molecule has 1 aromatic carbocycles. The molecule has 4 N–H and O–H groups in total. The molecule has 116 valence electrons. The first kappa shape index (κ1) is 17.6. The van der Waals surface area contributed by atoms with Gasteiger partial charge in [0, 0.05) is 16.1 Å². The Bertz CT molecular complexity index is 523. The smallest absolute Gasteiger partial charge is 0.312 e. The number of hydrogen-bond acceptors (Lipinski definition) is 2. The molecule has 3 amide bonds. The molecule has 0 saturated heterocycles. The summed E-state index contributed by atoms with van der Waals surface area (Å²) >= 11 is 12.0. The van der Waals surface area contributed by atoms with Crippen LogP contribution in [-0.2, 0) is 11.2 Å². The van der Waals surface area contributed by atoms with Gasteiger partial charge in [0.15, 0.2) is 0 Å². The van der Waals surface area contributed by atoms with E-state index in [0.29, 0.717) is 16.5 Å². The lowest BCUT2D eigenvalue weighted by Crippen LogP contribution is -2.49. The molecule has 0 radical (unpaired) electrons. The summed E-state index contributed by atoms with van der Waals surface area (Å²) in [5.74, 6) is -0.286. The third-order valence-corrected chi connectivity index (χ3v) is 3.66. The van der Waals surface area contributed by atoms with Crippen molar-refractivity contribution in [1.29, 1.82) is 0 Å². The SMILES string of the molecule is CCC(Cc1ccc(Cl)cc1Cl)NC(=O)C(C)NC(N)=O. The number of benzene rings is 1. The summed E-state index contributed by atoms with van der Waals surface area (Å²) in [5, 5.41) is 6.34. The van der Waals surface area contributed by atoms with Crippen molar-refractivity contribution in [1.82, 2.24) is 10.6 Å². The molecule has 5 nitrogen and oxygen atoms in total. The molecule has 0 bridgehead atoms. The summed E-state index contributed by atoms with van der Waals surface area (Å²) < 4.78 is 0. The molecule has 21 heavy (non-hydrogen) atoms. The van der Waals surface area contributed by atoms with Crippen LogP contribution in [0.1, 0.15) is 25.8 Å². The zero-order chi connectivity index (χ0) is 16.0. The molecule has 0 spiro atoms. The number of rotatable bonds is 6. The lowest BCUT2D eigenvalue weighted by atomic mass is 10.0. The Morgan fingerprint density at radius 1 is 1.29 bits per heavy atom. The fourth-order valence-electron chi connectivity index (χ4n) is 1.86. The van der Waals surface area contributed by atoms with E-state index in [-0.39, 0.29) is 11.9 Å². The number of amides is 3. The Hall–Kier alpha value is -1.46. The topological polar surface area (TPSA) is 84.2 Å². The van der Waals surface area contributed by atoms with Crippen LogP contribution < -0.4 is 16.4 Å². The van der Waals surface area contributed by atoms with E-state index in [1.807, 2.05) is 13.0 Å². The van der Waals surface area contributed by atoms with Crippen LogP contribution in [0.25, 0.3) is 0 Å². The van der Waals surface area contributed by atoms with Crippen LogP contribution in [0, 0.1) is 0 Å². The molecule has 2 unspecified atom stereocenters. The zero-order valence-corrected chi connectivity index (χ0v) is 13.5. The molecule has 0 aliphatic rings. The van der Waals surface area contributed by atoms with Crippen LogP contribution in [0.2, 0.25) is 10.0 Å². The van der Waals surface area contributed by atoms with Crippen molar-refractivity contribution >= 4 is 35.1 Å². The minimum absolute atomic E-state index is 0.0895. The van der Waals surface area contributed by atoms with E-state index in [1.165, 1.54) is 0 Å². The molecule has 7 heteroatoms. The summed E-state index contributed by atoms with van der Waals surface area (Å²) in [6, 6.07) is 3.76. The van der Waals surface area contributed by atoms with E-state index in [0.717, 1.165) is 12.0 Å². The Morgan fingerprint density at radius 2 is 1.95 bits per heavy atom. The van der Waals surface area contributed by atoms with Crippen LogP contribution in [0.3, 0.4) is 0 Å². The lowest BCUT2D eigenvalue weighted by Gasteiger charge is -2.20. The van der Waals surface area contributed by atoms with Gasteiger partial charge >= 0.3 is 6.03 Å². The Balaban J connectivity index is 2.66. The van der Waals surface area contributed by atoms with Crippen molar-refractivity contribution in [3.05, 3.63) is 33.8 Å². The monoisotopic (exact) mass is 331 g/mol. The van der Waals surface area contributed by atoms with E-state index in [4.69, 9.17) is 28.9 Å². The van der Waals surface area contributed by atoms with Gasteiger partial charge in [-0.3, -0.25) is 4.79 Å². The maximum Gasteiger partial charge on any atom is 0.312 e. The Morgan fingerprint density at radius 3 is 2.48 bits per heavy atom. The number of primary amides is 1. The highest BCUT2D eigenvalue weighted by Crippen LogP contribution is 2.22. The van der Waals surface area contributed by atoms with Crippen molar-refractivity contribution < 1.29 is 9.59 Å². The zero-order valence-electron chi connectivity index (χ0n) is 12.0. The molecule has 0 saturated carbocycles. The fourth-order valence-corrected chi connectivity index (χ4v) is 2.34. The van der Waals surface area contributed by atoms with Crippen LogP contribution in [0.5, 0.6) is 0 Å². The average Bonchev–Trinajstić information content (AvgIpc) is 2.39. The molecule has 1 rings (SSSR count). The molecule has 0 fully saturated rings. The largest absolute Gasteiger partial charge is 0.352 e. The molecule has 1 aromatic rings. The van der Waals surface area contributed by atoms with Gasteiger partial charge in [0.1, 0.15) is 6.04 Å². The second-order valence-corrected chi connectivity index (χ2v) is 5.63. The van der Waals surface area contributed by atoms with Crippen molar-refractivity contribution in [2.24, 2.45) is 5.73 Å². The number of carbonyl (C=O) groups is 2. The molecule has 0 aliphatic heterocycles. The van der Waals surface area contributed by atoms with Gasteiger partial charge in [0.05, 0.1) is 0 Å². The summed E-state index contributed by atoms with van der Waals surface area (Å²) in [6.07, 6.45) is 1.32. The first-order chi connectivity index (χ1) is 9.83. The molecular weight excluding hydrogens is 313 g/mol. The molecular formula is C14H19Cl2N3O2. The van der Waals surface area contributed by atoms with Crippen LogP contribution in [0.15, 0.2) is 18.2 Å². The van der Waals surface area contributed by atoms with Crippen molar-refractivity contribution in [2.75, 3.05) is 0 Å². The number of urea groups is 1. The predicted molar refractivity (Wildman–Crippen MR) is 84.6 cm³/mol. The molecule has 0 aromatic heterocycles. The van der Waals surface area contributed by atoms with Crippen molar-refractivity contribution in [3.63, 3.8) is 0 Å². The number of carbonyl (C=O) groups excluding carboxylic acids is 2. The predicted octanol–water partition coefficient (Wildman–Crippen LogP) is 2.49. The Kier molecular flexibility index (Phi) is 6.78. The Labute approximate surface area is 134 Å². The van der Waals surface area contributed by atoms with Crippen molar-refractivity contribution in [2.45, 2.75) is 38.8 Å². The second kappa shape index (κ2) is 8.10. The molecule has 0 aliphatic carbocycles.